The third kappa shape index (κ3) is 1.63. The molecule has 2 N–H and O–H groups in total. The van der Waals surface area contributed by atoms with Gasteiger partial charge in [0.25, 0.3) is 0 Å². The van der Waals surface area contributed by atoms with Gasteiger partial charge in [-0.25, -0.2) is 4.98 Å². The summed E-state index contributed by atoms with van der Waals surface area (Å²) in [5.74, 6) is 1.12. The Balaban J connectivity index is 2.66. The molecule has 3 nitrogen and oxygen atoms in total. The lowest BCUT2D eigenvalue weighted by atomic mass is 10.2. The van der Waals surface area contributed by atoms with Gasteiger partial charge in [-0.05, 0) is 19.1 Å². The number of fused-ring (bicyclic) bond motifs is 1. The predicted molar refractivity (Wildman–Crippen MR) is 62.9 cm³/mol. The Labute approximate surface area is 89.9 Å². The molecular weight excluding hydrogens is 186 g/mol. The van der Waals surface area contributed by atoms with E-state index in [4.69, 9.17) is 5.73 Å². The van der Waals surface area contributed by atoms with Crippen molar-refractivity contribution in [3.63, 3.8) is 0 Å². The van der Waals surface area contributed by atoms with Gasteiger partial charge in [-0.2, -0.15) is 0 Å². The molecule has 0 amide bonds. The highest BCUT2D eigenvalue weighted by atomic mass is 15.1. The number of para-hydroxylation sites is 2. The Morgan fingerprint density at radius 3 is 2.80 bits per heavy atom. The van der Waals surface area contributed by atoms with Crippen LogP contribution in [-0.4, -0.2) is 16.1 Å². The minimum atomic E-state index is 0.312. The Kier molecular flexibility index (Phi) is 2.73. The lowest BCUT2D eigenvalue weighted by Crippen LogP contribution is -2.17. The largest absolute Gasteiger partial charge is 0.328 e. The summed E-state index contributed by atoms with van der Waals surface area (Å²) in [6.07, 6.45) is 0.943. The van der Waals surface area contributed by atoms with Gasteiger partial charge in [-0.15, -0.1) is 0 Å². The van der Waals surface area contributed by atoms with Crippen molar-refractivity contribution >= 4 is 11.0 Å². The Morgan fingerprint density at radius 1 is 1.40 bits per heavy atom. The standard InChI is InChI=1S/C12H17N3/c1-3-12-14-10-6-4-5-7-11(10)15(12)9(2)8-13/h4-7,9H,3,8,13H2,1-2H3. The SMILES string of the molecule is CCc1nc2ccccc2n1C(C)CN. The van der Waals surface area contributed by atoms with Gasteiger partial charge >= 0.3 is 0 Å². The van der Waals surface area contributed by atoms with Crippen molar-refractivity contribution in [2.75, 3.05) is 6.54 Å². The maximum Gasteiger partial charge on any atom is 0.109 e. The number of hydrogen-bond donors (Lipinski definition) is 1. The number of aromatic nitrogens is 2. The second-order valence-corrected chi connectivity index (χ2v) is 3.83. The summed E-state index contributed by atoms with van der Waals surface area (Å²) >= 11 is 0. The van der Waals surface area contributed by atoms with Gasteiger partial charge in [0.1, 0.15) is 5.82 Å². The van der Waals surface area contributed by atoms with E-state index < -0.39 is 0 Å². The fraction of sp³-hybridized carbons (Fsp3) is 0.417. The molecule has 0 aliphatic rings. The van der Waals surface area contributed by atoms with Crippen molar-refractivity contribution in [3.05, 3.63) is 30.1 Å². The van der Waals surface area contributed by atoms with Crippen molar-refractivity contribution in [3.8, 4) is 0 Å². The molecule has 0 bridgehead atoms. The zero-order valence-electron chi connectivity index (χ0n) is 9.27. The summed E-state index contributed by atoms with van der Waals surface area (Å²) in [6.45, 7) is 4.90. The fourth-order valence-corrected chi connectivity index (χ4v) is 1.94. The smallest absolute Gasteiger partial charge is 0.109 e. The molecule has 15 heavy (non-hydrogen) atoms. The van der Waals surface area contributed by atoms with Crippen molar-refractivity contribution in [2.24, 2.45) is 5.73 Å². The molecule has 3 heteroatoms. The Bertz CT molecular complexity index is 459. The zero-order chi connectivity index (χ0) is 10.8. The molecule has 0 spiro atoms. The fourth-order valence-electron chi connectivity index (χ4n) is 1.94. The molecule has 0 radical (unpaired) electrons. The van der Waals surface area contributed by atoms with E-state index in [1.54, 1.807) is 0 Å². The van der Waals surface area contributed by atoms with Crippen molar-refractivity contribution in [1.82, 2.24) is 9.55 Å². The molecule has 1 unspecified atom stereocenters. The van der Waals surface area contributed by atoms with Gasteiger partial charge in [0.15, 0.2) is 0 Å². The van der Waals surface area contributed by atoms with Crippen molar-refractivity contribution in [2.45, 2.75) is 26.3 Å². The number of nitrogens with two attached hydrogens (primary N) is 1. The zero-order valence-corrected chi connectivity index (χ0v) is 9.27. The van der Waals surface area contributed by atoms with Gasteiger partial charge in [-0.1, -0.05) is 19.1 Å². The van der Waals surface area contributed by atoms with Crippen molar-refractivity contribution < 1.29 is 0 Å². The number of benzene rings is 1. The van der Waals surface area contributed by atoms with Crippen LogP contribution in [0.1, 0.15) is 25.7 Å². The molecule has 0 fully saturated rings. The molecule has 0 saturated heterocycles. The maximum atomic E-state index is 5.73. The molecule has 1 atom stereocenters. The minimum Gasteiger partial charge on any atom is -0.328 e. The van der Waals surface area contributed by atoms with E-state index in [9.17, 15) is 0 Å². The van der Waals surface area contributed by atoms with Gasteiger partial charge in [-0.3, -0.25) is 0 Å². The summed E-state index contributed by atoms with van der Waals surface area (Å²) in [5.41, 5.74) is 7.98. The minimum absolute atomic E-state index is 0.312. The maximum absolute atomic E-state index is 5.73. The summed E-state index contributed by atoms with van der Waals surface area (Å²) in [5, 5.41) is 0. The van der Waals surface area contributed by atoms with E-state index in [0.717, 1.165) is 17.8 Å². The first-order valence-corrected chi connectivity index (χ1v) is 5.43. The molecule has 0 aliphatic heterocycles. The van der Waals surface area contributed by atoms with Gasteiger partial charge < -0.3 is 10.3 Å². The van der Waals surface area contributed by atoms with E-state index in [1.807, 2.05) is 18.2 Å². The second-order valence-electron chi connectivity index (χ2n) is 3.83. The van der Waals surface area contributed by atoms with Crippen LogP contribution in [0.15, 0.2) is 24.3 Å². The average Bonchev–Trinajstić information content (AvgIpc) is 2.66. The van der Waals surface area contributed by atoms with E-state index in [2.05, 4.69) is 29.5 Å². The molecule has 80 valence electrons. The first kappa shape index (κ1) is 10.2. The first-order valence-electron chi connectivity index (χ1n) is 5.43. The number of imidazole rings is 1. The number of rotatable bonds is 3. The Hall–Kier alpha value is -1.35. The summed E-state index contributed by atoms with van der Waals surface area (Å²) in [4.78, 5) is 4.61. The number of nitrogens with zero attached hydrogens (tertiary/aromatic N) is 2. The first-order chi connectivity index (χ1) is 7.27. The molecular formula is C12H17N3. The van der Waals surface area contributed by atoms with Crippen LogP contribution < -0.4 is 5.73 Å². The van der Waals surface area contributed by atoms with Crippen LogP contribution in [0.5, 0.6) is 0 Å². The summed E-state index contributed by atoms with van der Waals surface area (Å²) in [6, 6.07) is 8.53. The molecule has 1 aromatic carbocycles. The molecule has 2 aromatic rings. The Morgan fingerprint density at radius 2 is 2.13 bits per heavy atom. The highest BCUT2D eigenvalue weighted by Crippen LogP contribution is 2.20. The van der Waals surface area contributed by atoms with E-state index >= 15 is 0 Å². The van der Waals surface area contributed by atoms with E-state index in [0.29, 0.717) is 12.6 Å². The van der Waals surface area contributed by atoms with Crippen LogP contribution in [-0.2, 0) is 6.42 Å². The molecule has 1 heterocycles. The third-order valence-electron chi connectivity index (χ3n) is 2.77. The number of aryl methyl sites for hydroxylation is 1. The van der Waals surface area contributed by atoms with Crippen molar-refractivity contribution in [1.29, 1.82) is 0 Å². The molecule has 0 saturated carbocycles. The van der Waals surface area contributed by atoms with Crippen LogP contribution in [0.2, 0.25) is 0 Å². The lowest BCUT2D eigenvalue weighted by molar-refractivity contribution is 0.550. The molecule has 2 rings (SSSR count). The second kappa shape index (κ2) is 4.03. The number of hydrogen-bond acceptors (Lipinski definition) is 2. The van der Waals surface area contributed by atoms with Gasteiger partial charge in [0.05, 0.1) is 11.0 Å². The monoisotopic (exact) mass is 203 g/mol. The van der Waals surface area contributed by atoms with Crippen LogP contribution >= 0.6 is 0 Å². The average molecular weight is 203 g/mol. The quantitative estimate of drug-likeness (QED) is 0.830. The molecule has 1 aromatic heterocycles. The van der Waals surface area contributed by atoms with Gasteiger partial charge in [0, 0.05) is 19.0 Å². The highest BCUT2D eigenvalue weighted by molar-refractivity contribution is 5.76. The lowest BCUT2D eigenvalue weighted by Gasteiger charge is -2.14. The predicted octanol–water partition coefficient (Wildman–Crippen LogP) is 2.12. The van der Waals surface area contributed by atoms with E-state index in [1.165, 1.54) is 5.52 Å². The van der Waals surface area contributed by atoms with E-state index in [-0.39, 0.29) is 0 Å². The highest BCUT2D eigenvalue weighted by Gasteiger charge is 2.12. The topological polar surface area (TPSA) is 43.8 Å². The summed E-state index contributed by atoms with van der Waals surface area (Å²) in [7, 11) is 0. The van der Waals surface area contributed by atoms with Crippen LogP contribution in [0.3, 0.4) is 0 Å². The van der Waals surface area contributed by atoms with Crippen LogP contribution in [0.4, 0.5) is 0 Å². The molecule has 0 aliphatic carbocycles. The van der Waals surface area contributed by atoms with Gasteiger partial charge in [0.2, 0.25) is 0 Å². The van der Waals surface area contributed by atoms with Crippen LogP contribution in [0, 0.1) is 0 Å². The third-order valence-corrected chi connectivity index (χ3v) is 2.77. The normalized spacial score (nSPS) is 13.3. The summed E-state index contributed by atoms with van der Waals surface area (Å²) < 4.78 is 2.25. The van der Waals surface area contributed by atoms with Crippen LogP contribution in [0.25, 0.3) is 11.0 Å².